The van der Waals surface area contributed by atoms with Crippen molar-refractivity contribution in [3.8, 4) is 0 Å². The Kier molecular flexibility index (Phi) is 5.62. The van der Waals surface area contributed by atoms with Gasteiger partial charge in [0.25, 0.3) is 5.91 Å². The Morgan fingerprint density at radius 2 is 2.19 bits per heavy atom. The van der Waals surface area contributed by atoms with E-state index in [4.69, 9.17) is 0 Å². The first-order valence-corrected chi connectivity index (χ1v) is 6.98. The normalized spacial score (nSPS) is 10.3. The summed E-state index contributed by atoms with van der Waals surface area (Å²) in [5.41, 5.74) is 0.317. The average Bonchev–Trinajstić information content (AvgIpc) is 3.03. The maximum Gasteiger partial charge on any atom is 0.271 e. The highest BCUT2D eigenvalue weighted by molar-refractivity contribution is 5.91. The molecule has 2 aromatic rings. The van der Waals surface area contributed by atoms with Crippen LogP contribution in [0.4, 0.5) is 5.82 Å². The van der Waals surface area contributed by atoms with Crippen LogP contribution in [0.1, 0.15) is 30.3 Å². The van der Waals surface area contributed by atoms with Gasteiger partial charge in [0.05, 0.1) is 18.6 Å². The Hall–Kier alpha value is -2.51. The van der Waals surface area contributed by atoms with Crippen LogP contribution >= 0.6 is 0 Å². The van der Waals surface area contributed by atoms with Gasteiger partial charge in [0.15, 0.2) is 0 Å². The first-order valence-electron chi connectivity index (χ1n) is 6.98. The molecule has 8 nitrogen and oxygen atoms in total. The molecule has 0 unspecified atom stereocenters. The number of aromatic nitrogens is 5. The second-order valence-corrected chi connectivity index (χ2v) is 4.49. The molecule has 2 heterocycles. The van der Waals surface area contributed by atoms with E-state index in [9.17, 15) is 4.79 Å². The second kappa shape index (κ2) is 7.93. The van der Waals surface area contributed by atoms with E-state index < -0.39 is 0 Å². The quantitative estimate of drug-likeness (QED) is 0.695. The first-order chi connectivity index (χ1) is 10.3. The molecule has 0 aliphatic heterocycles. The number of nitrogens with one attached hydrogen (secondary N) is 2. The molecule has 1 amide bonds. The molecule has 0 saturated heterocycles. The average molecular weight is 289 g/mol. The maximum absolute atomic E-state index is 11.9. The lowest BCUT2D eigenvalue weighted by Gasteiger charge is -2.06. The monoisotopic (exact) mass is 289 g/mol. The van der Waals surface area contributed by atoms with Crippen LogP contribution in [0.3, 0.4) is 0 Å². The number of aryl methyl sites for hydroxylation is 1. The van der Waals surface area contributed by atoms with Crippen LogP contribution in [-0.2, 0) is 6.54 Å². The molecule has 0 radical (unpaired) electrons. The van der Waals surface area contributed by atoms with Crippen LogP contribution in [0, 0.1) is 0 Å². The SMILES string of the molecule is CCCNc1cnc(C(=O)NCCCn2ccnn2)cn1. The molecule has 21 heavy (non-hydrogen) atoms. The Bertz CT molecular complexity index is 538. The van der Waals surface area contributed by atoms with E-state index in [1.807, 2.05) is 0 Å². The molecule has 0 aliphatic rings. The summed E-state index contributed by atoms with van der Waals surface area (Å²) >= 11 is 0. The summed E-state index contributed by atoms with van der Waals surface area (Å²) in [7, 11) is 0. The summed E-state index contributed by atoms with van der Waals surface area (Å²) in [4.78, 5) is 20.1. The molecule has 0 aromatic carbocycles. The van der Waals surface area contributed by atoms with Gasteiger partial charge in [0.1, 0.15) is 11.5 Å². The lowest BCUT2D eigenvalue weighted by molar-refractivity contribution is 0.0947. The van der Waals surface area contributed by atoms with E-state index in [0.717, 1.165) is 19.4 Å². The van der Waals surface area contributed by atoms with Crippen molar-refractivity contribution in [2.24, 2.45) is 0 Å². The van der Waals surface area contributed by atoms with Crippen molar-refractivity contribution < 1.29 is 4.79 Å². The zero-order chi connectivity index (χ0) is 14.9. The summed E-state index contributed by atoms with van der Waals surface area (Å²) in [6.07, 6.45) is 8.25. The number of rotatable bonds is 8. The Balaban J connectivity index is 1.72. The van der Waals surface area contributed by atoms with E-state index in [0.29, 0.717) is 24.6 Å². The highest BCUT2D eigenvalue weighted by atomic mass is 16.1. The lowest BCUT2D eigenvalue weighted by atomic mass is 10.3. The van der Waals surface area contributed by atoms with Crippen LogP contribution in [0.5, 0.6) is 0 Å². The third-order valence-electron chi connectivity index (χ3n) is 2.76. The molecule has 0 aliphatic carbocycles. The summed E-state index contributed by atoms with van der Waals surface area (Å²) < 4.78 is 1.72. The second-order valence-electron chi connectivity index (χ2n) is 4.49. The highest BCUT2D eigenvalue weighted by Crippen LogP contribution is 2.01. The summed E-state index contributed by atoms with van der Waals surface area (Å²) in [6.45, 7) is 4.17. The fourth-order valence-electron chi connectivity index (χ4n) is 1.68. The van der Waals surface area contributed by atoms with Crippen molar-refractivity contribution in [3.05, 3.63) is 30.5 Å². The van der Waals surface area contributed by atoms with Crippen LogP contribution in [0.2, 0.25) is 0 Å². The van der Waals surface area contributed by atoms with Crippen molar-refractivity contribution in [2.75, 3.05) is 18.4 Å². The van der Waals surface area contributed by atoms with E-state index in [2.05, 4.69) is 37.8 Å². The molecule has 0 atom stereocenters. The van der Waals surface area contributed by atoms with Gasteiger partial charge in [-0.2, -0.15) is 0 Å². The van der Waals surface area contributed by atoms with Crippen molar-refractivity contribution in [2.45, 2.75) is 26.3 Å². The van der Waals surface area contributed by atoms with Gasteiger partial charge in [-0.05, 0) is 12.8 Å². The predicted octanol–water partition coefficient (Wildman–Crippen LogP) is 0.710. The van der Waals surface area contributed by atoms with Crippen molar-refractivity contribution in [1.82, 2.24) is 30.3 Å². The molecule has 2 aromatic heterocycles. The highest BCUT2D eigenvalue weighted by Gasteiger charge is 2.07. The van der Waals surface area contributed by atoms with Crippen LogP contribution in [0.15, 0.2) is 24.8 Å². The summed E-state index contributed by atoms with van der Waals surface area (Å²) in [6, 6.07) is 0. The van der Waals surface area contributed by atoms with Crippen molar-refractivity contribution >= 4 is 11.7 Å². The molecule has 0 spiro atoms. The van der Waals surface area contributed by atoms with Gasteiger partial charge in [-0.1, -0.05) is 12.1 Å². The van der Waals surface area contributed by atoms with Crippen LogP contribution in [-0.4, -0.2) is 44.0 Å². The fourth-order valence-corrected chi connectivity index (χ4v) is 1.68. The number of amides is 1. The van der Waals surface area contributed by atoms with Crippen molar-refractivity contribution in [3.63, 3.8) is 0 Å². The molecule has 8 heteroatoms. The van der Waals surface area contributed by atoms with E-state index in [-0.39, 0.29) is 5.91 Å². The molecule has 0 bridgehead atoms. The molecular weight excluding hydrogens is 270 g/mol. The van der Waals surface area contributed by atoms with Crippen LogP contribution in [0.25, 0.3) is 0 Å². The number of hydrogen-bond acceptors (Lipinski definition) is 6. The molecule has 0 fully saturated rings. The number of nitrogens with zero attached hydrogens (tertiary/aromatic N) is 5. The van der Waals surface area contributed by atoms with Gasteiger partial charge in [0, 0.05) is 25.8 Å². The van der Waals surface area contributed by atoms with E-state index in [1.54, 1.807) is 23.3 Å². The number of hydrogen-bond donors (Lipinski definition) is 2. The Labute approximate surface area is 123 Å². The lowest BCUT2D eigenvalue weighted by Crippen LogP contribution is -2.26. The van der Waals surface area contributed by atoms with Crippen molar-refractivity contribution in [1.29, 1.82) is 0 Å². The number of carbonyl (C=O) groups is 1. The van der Waals surface area contributed by atoms with Gasteiger partial charge in [0.2, 0.25) is 0 Å². The Morgan fingerprint density at radius 1 is 1.29 bits per heavy atom. The Morgan fingerprint density at radius 3 is 2.86 bits per heavy atom. The van der Waals surface area contributed by atoms with Crippen LogP contribution < -0.4 is 10.6 Å². The van der Waals surface area contributed by atoms with E-state index in [1.165, 1.54) is 6.20 Å². The molecule has 112 valence electrons. The number of anilines is 1. The number of carbonyl (C=O) groups excluding carboxylic acids is 1. The third-order valence-corrected chi connectivity index (χ3v) is 2.76. The molecule has 0 saturated carbocycles. The fraction of sp³-hybridized carbons (Fsp3) is 0.462. The predicted molar refractivity (Wildman–Crippen MR) is 77.8 cm³/mol. The molecular formula is C13H19N7O. The largest absolute Gasteiger partial charge is 0.369 e. The smallest absolute Gasteiger partial charge is 0.271 e. The van der Waals surface area contributed by atoms with Gasteiger partial charge in [-0.15, -0.1) is 5.10 Å². The molecule has 2 N–H and O–H groups in total. The minimum Gasteiger partial charge on any atom is -0.369 e. The minimum absolute atomic E-state index is 0.219. The first kappa shape index (κ1) is 14.9. The zero-order valence-electron chi connectivity index (χ0n) is 12.0. The topological polar surface area (TPSA) is 97.6 Å². The van der Waals surface area contributed by atoms with E-state index >= 15 is 0 Å². The van der Waals surface area contributed by atoms with Gasteiger partial charge in [-0.25, -0.2) is 9.97 Å². The summed E-state index contributed by atoms with van der Waals surface area (Å²) in [5.74, 6) is 0.461. The summed E-state index contributed by atoms with van der Waals surface area (Å²) in [5, 5.41) is 13.5. The minimum atomic E-state index is -0.219. The maximum atomic E-state index is 11.9. The van der Waals surface area contributed by atoms with Gasteiger partial charge in [-0.3, -0.25) is 9.48 Å². The zero-order valence-corrected chi connectivity index (χ0v) is 12.0. The third kappa shape index (κ3) is 4.83. The van der Waals surface area contributed by atoms with Gasteiger partial charge >= 0.3 is 0 Å². The standard InChI is InChI=1S/C13H19N7O/c1-2-4-14-12-10-16-11(9-17-12)13(21)15-5-3-7-20-8-6-18-19-20/h6,8-10H,2-5,7H2,1H3,(H,14,17)(H,15,21). The molecule has 2 rings (SSSR count). The van der Waals surface area contributed by atoms with Gasteiger partial charge < -0.3 is 10.6 Å².